The molecule has 1 saturated carbocycles. The van der Waals surface area contributed by atoms with Gasteiger partial charge in [-0.3, -0.25) is 4.79 Å². The van der Waals surface area contributed by atoms with Gasteiger partial charge in [0.05, 0.1) is 12.1 Å². The fraction of sp³-hybridized carbons (Fsp3) is 0.818. The number of urea groups is 1. The Hall–Kier alpha value is -1.30. The maximum atomic E-state index is 11.7. The number of carbonyl (C=O) groups excluding carboxylic acids is 1. The molecule has 0 radical (unpaired) electrons. The first-order valence-electron chi connectivity index (χ1n) is 5.87. The van der Waals surface area contributed by atoms with Crippen molar-refractivity contribution in [2.45, 2.75) is 50.8 Å². The summed E-state index contributed by atoms with van der Waals surface area (Å²) in [5, 5.41) is 20.9. The molecule has 1 rings (SSSR count). The highest BCUT2D eigenvalue weighted by Crippen LogP contribution is 2.22. The highest BCUT2D eigenvalue weighted by atomic mass is 16.4. The fourth-order valence-corrected chi connectivity index (χ4v) is 2.04. The van der Waals surface area contributed by atoms with Crippen LogP contribution in [0.2, 0.25) is 0 Å². The highest BCUT2D eigenvalue weighted by Gasteiger charge is 2.30. The molecule has 98 valence electrons. The van der Waals surface area contributed by atoms with Crippen molar-refractivity contribution >= 4 is 12.0 Å². The predicted molar refractivity (Wildman–Crippen MR) is 61.7 cm³/mol. The summed E-state index contributed by atoms with van der Waals surface area (Å²) in [4.78, 5) is 23.8. The Kier molecular flexibility index (Phi) is 4.74. The Morgan fingerprint density at radius 2 is 1.94 bits per heavy atom. The van der Waals surface area contributed by atoms with Gasteiger partial charge in [0.25, 0.3) is 0 Å². The molecule has 0 spiro atoms. The van der Waals surface area contributed by atoms with Crippen LogP contribution in [0, 0.1) is 0 Å². The second-order valence-electron chi connectivity index (χ2n) is 4.54. The first-order valence-corrected chi connectivity index (χ1v) is 5.87. The number of aliphatic hydroxyl groups excluding tert-OH is 1. The number of aliphatic hydroxyl groups is 1. The second-order valence-corrected chi connectivity index (χ2v) is 4.54. The van der Waals surface area contributed by atoms with E-state index in [0.29, 0.717) is 6.42 Å². The Morgan fingerprint density at radius 3 is 2.47 bits per heavy atom. The van der Waals surface area contributed by atoms with Crippen molar-refractivity contribution in [2.24, 2.45) is 0 Å². The van der Waals surface area contributed by atoms with Crippen molar-refractivity contribution in [3.8, 4) is 0 Å². The number of rotatable bonds is 3. The SMILES string of the molecule is CC(NC(=O)N(C)C1CCCCC1O)C(=O)O. The van der Waals surface area contributed by atoms with Gasteiger partial charge in [-0.2, -0.15) is 0 Å². The molecule has 6 nitrogen and oxygen atoms in total. The van der Waals surface area contributed by atoms with Crippen molar-refractivity contribution < 1.29 is 19.8 Å². The average Bonchev–Trinajstić information content (AvgIpc) is 2.28. The summed E-state index contributed by atoms with van der Waals surface area (Å²) < 4.78 is 0. The number of hydrogen-bond donors (Lipinski definition) is 3. The van der Waals surface area contributed by atoms with Crippen molar-refractivity contribution in [1.29, 1.82) is 0 Å². The van der Waals surface area contributed by atoms with Crippen molar-refractivity contribution in [2.75, 3.05) is 7.05 Å². The largest absolute Gasteiger partial charge is 0.480 e. The van der Waals surface area contributed by atoms with Crippen LogP contribution >= 0.6 is 0 Å². The molecule has 3 unspecified atom stereocenters. The zero-order valence-corrected chi connectivity index (χ0v) is 10.2. The minimum absolute atomic E-state index is 0.218. The third-order valence-electron chi connectivity index (χ3n) is 3.22. The molecule has 1 aliphatic rings. The molecule has 6 heteroatoms. The molecule has 3 N–H and O–H groups in total. The molecule has 0 heterocycles. The molecule has 17 heavy (non-hydrogen) atoms. The van der Waals surface area contributed by atoms with Gasteiger partial charge in [-0.05, 0) is 19.8 Å². The van der Waals surface area contributed by atoms with E-state index in [1.54, 1.807) is 7.05 Å². The third-order valence-corrected chi connectivity index (χ3v) is 3.22. The summed E-state index contributed by atoms with van der Waals surface area (Å²) in [6, 6.07) is -1.60. The molecule has 0 aliphatic heterocycles. The molecule has 3 atom stereocenters. The summed E-state index contributed by atoms with van der Waals surface area (Å²) in [7, 11) is 1.59. The number of carboxylic acid groups (broad SMARTS) is 1. The normalized spacial score (nSPS) is 26.1. The van der Waals surface area contributed by atoms with E-state index in [-0.39, 0.29) is 6.04 Å². The zero-order valence-electron chi connectivity index (χ0n) is 10.2. The van der Waals surface area contributed by atoms with Crippen LogP contribution < -0.4 is 5.32 Å². The molecule has 2 amide bonds. The topological polar surface area (TPSA) is 89.9 Å². The third kappa shape index (κ3) is 3.59. The molecule has 1 fully saturated rings. The van der Waals surface area contributed by atoms with Gasteiger partial charge in [-0.1, -0.05) is 12.8 Å². The van der Waals surface area contributed by atoms with Gasteiger partial charge in [0.2, 0.25) is 0 Å². The van der Waals surface area contributed by atoms with Crippen molar-refractivity contribution in [3.63, 3.8) is 0 Å². The van der Waals surface area contributed by atoms with Gasteiger partial charge in [-0.25, -0.2) is 4.79 Å². The smallest absolute Gasteiger partial charge is 0.325 e. The number of carboxylic acids is 1. The van der Waals surface area contributed by atoms with Gasteiger partial charge in [0, 0.05) is 7.05 Å². The molecule has 0 bridgehead atoms. The minimum Gasteiger partial charge on any atom is -0.480 e. The van der Waals surface area contributed by atoms with Gasteiger partial charge in [-0.15, -0.1) is 0 Å². The van der Waals surface area contributed by atoms with Gasteiger partial charge >= 0.3 is 12.0 Å². The maximum Gasteiger partial charge on any atom is 0.325 e. The van der Waals surface area contributed by atoms with Crippen LogP contribution in [0.5, 0.6) is 0 Å². The quantitative estimate of drug-likeness (QED) is 0.670. The van der Waals surface area contributed by atoms with E-state index < -0.39 is 24.1 Å². The van der Waals surface area contributed by atoms with E-state index in [2.05, 4.69) is 5.32 Å². The second kappa shape index (κ2) is 5.86. The number of amides is 2. The average molecular weight is 244 g/mol. The Morgan fingerprint density at radius 1 is 1.35 bits per heavy atom. The molecule has 1 aliphatic carbocycles. The Labute approximate surface area is 101 Å². The minimum atomic E-state index is -1.07. The van der Waals surface area contributed by atoms with Crippen LogP contribution in [-0.2, 0) is 4.79 Å². The lowest BCUT2D eigenvalue weighted by atomic mass is 9.92. The van der Waals surface area contributed by atoms with E-state index in [1.165, 1.54) is 11.8 Å². The predicted octanol–water partition coefficient (Wildman–Crippen LogP) is 0.404. The van der Waals surface area contributed by atoms with E-state index in [0.717, 1.165) is 19.3 Å². The molecule has 0 aromatic heterocycles. The summed E-state index contributed by atoms with van der Waals surface area (Å²) >= 11 is 0. The van der Waals surface area contributed by atoms with E-state index >= 15 is 0 Å². The first kappa shape index (κ1) is 13.8. The van der Waals surface area contributed by atoms with Gasteiger partial charge in [0.15, 0.2) is 0 Å². The van der Waals surface area contributed by atoms with Crippen LogP contribution in [-0.4, -0.2) is 52.3 Å². The van der Waals surface area contributed by atoms with Gasteiger partial charge in [0.1, 0.15) is 6.04 Å². The molecular formula is C11H20N2O4. The van der Waals surface area contributed by atoms with Crippen LogP contribution in [0.25, 0.3) is 0 Å². The van der Waals surface area contributed by atoms with Crippen molar-refractivity contribution in [1.82, 2.24) is 10.2 Å². The van der Waals surface area contributed by atoms with E-state index in [1.807, 2.05) is 0 Å². The summed E-state index contributed by atoms with van der Waals surface area (Å²) in [5.74, 6) is -1.07. The van der Waals surface area contributed by atoms with E-state index in [9.17, 15) is 14.7 Å². The number of nitrogens with one attached hydrogen (secondary N) is 1. The number of aliphatic carboxylic acids is 1. The summed E-state index contributed by atoms with van der Waals surface area (Å²) in [5.41, 5.74) is 0. The van der Waals surface area contributed by atoms with Crippen LogP contribution in [0.3, 0.4) is 0 Å². The lowest BCUT2D eigenvalue weighted by molar-refractivity contribution is -0.138. The molecule has 0 saturated heterocycles. The molecular weight excluding hydrogens is 224 g/mol. The van der Waals surface area contributed by atoms with Crippen molar-refractivity contribution in [3.05, 3.63) is 0 Å². The summed E-state index contributed by atoms with van der Waals surface area (Å²) in [6.45, 7) is 1.41. The van der Waals surface area contributed by atoms with Crippen LogP contribution in [0.4, 0.5) is 4.79 Å². The Balaban J connectivity index is 2.53. The standard InChI is InChI=1S/C11H20N2O4/c1-7(10(15)16)12-11(17)13(2)8-5-3-4-6-9(8)14/h7-9,14H,3-6H2,1-2H3,(H,12,17)(H,15,16). The lowest BCUT2D eigenvalue weighted by Gasteiger charge is -2.35. The maximum absolute atomic E-state index is 11.7. The molecule has 0 aromatic rings. The lowest BCUT2D eigenvalue weighted by Crippen LogP contribution is -2.52. The first-order chi connectivity index (χ1) is 7.93. The fourth-order valence-electron chi connectivity index (χ4n) is 2.04. The number of carbonyl (C=O) groups is 2. The zero-order chi connectivity index (χ0) is 13.0. The van der Waals surface area contributed by atoms with E-state index in [4.69, 9.17) is 5.11 Å². The highest BCUT2D eigenvalue weighted by molar-refractivity contribution is 5.82. The Bertz CT molecular complexity index is 295. The number of hydrogen-bond acceptors (Lipinski definition) is 3. The summed E-state index contributed by atoms with van der Waals surface area (Å²) in [6.07, 6.45) is 2.88. The van der Waals surface area contributed by atoms with Crippen LogP contribution in [0.1, 0.15) is 32.6 Å². The van der Waals surface area contributed by atoms with Gasteiger partial charge < -0.3 is 20.4 Å². The van der Waals surface area contributed by atoms with Crippen LogP contribution in [0.15, 0.2) is 0 Å². The number of nitrogens with zero attached hydrogens (tertiary/aromatic N) is 1. The molecule has 0 aromatic carbocycles. The monoisotopic (exact) mass is 244 g/mol. The number of likely N-dealkylation sites (N-methyl/N-ethyl adjacent to an activating group) is 1.